The maximum atomic E-state index is 6.07. The number of halogens is 1. The van der Waals surface area contributed by atoms with Gasteiger partial charge in [0.1, 0.15) is 0 Å². The minimum atomic E-state index is -0.0148. The summed E-state index contributed by atoms with van der Waals surface area (Å²) in [5.41, 5.74) is 13.2. The van der Waals surface area contributed by atoms with E-state index in [1.165, 1.54) is 0 Å². The molecule has 2 aromatic carbocycles. The van der Waals surface area contributed by atoms with E-state index in [9.17, 15) is 0 Å². The monoisotopic (exact) mass is 305 g/mol. The van der Waals surface area contributed by atoms with Crippen LogP contribution in [0.1, 0.15) is 0 Å². The van der Waals surface area contributed by atoms with Gasteiger partial charge in [0.2, 0.25) is 0 Å². The first-order valence-corrected chi connectivity index (χ1v) is 6.54. The molecule has 0 aliphatic rings. The quantitative estimate of drug-likeness (QED) is 0.672. The summed E-state index contributed by atoms with van der Waals surface area (Å²) in [6.45, 7) is 0. The van der Waals surface area contributed by atoms with Crippen LogP contribution in [0.4, 0.5) is 5.69 Å². The van der Waals surface area contributed by atoms with Crippen LogP contribution in [-0.4, -0.2) is 20.2 Å². The minimum absolute atomic E-state index is 0.0148. The number of nitrogens with two attached hydrogens (primary N) is 2. The van der Waals surface area contributed by atoms with Gasteiger partial charge in [-0.15, -0.1) is 0 Å². The van der Waals surface area contributed by atoms with Crippen molar-refractivity contribution in [1.82, 2.24) is 0 Å². The summed E-state index contributed by atoms with van der Waals surface area (Å²) in [6, 6.07) is 10.8. The lowest BCUT2D eigenvalue weighted by Gasteiger charge is -2.11. The van der Waals surface area contributed by atoms with Gasteiger partial charge in [-0.2, -0.15) is 0 Å². The highest BCUT2D eigenvalue weighted by molar-refractivity contribution is 6.31. The molecule has 0 heterocycles. The van der Waals surface area contributed by atoms with Crippen molar-refractivity contribution in [3.63, 3.8) is 0 Å². The molecule has 2 aromatic rings. The second-order valence-electron chi connectivity index (χ2n) is 4.27. The smallest absolute Gasteiger partial charge is 0.191 e. The molecule has 0 radical (unpaired) electrons. The summed E-state index contributed by atoms with van der Waals surface area (Å²) < 4.78 is 10.5. The van der Waals surface area contributed by atoms with Crippen molar-refractivity contribution >= 4 is 23.2 Å². The van der Waals surface area contributed by atoms with E-state index in [0.717, 1.165) is 11.1 Å². The summed E-state index contributed by atoms with van der Waals surface area (Å²) in [7, 11) is 3.16. The number of nitrogens with zero attached hydrogens (tertiary/aromatic N) is 1. The highest BCUT2D eigenvalue weighted by Crippen LogP contribution is 2.37. The number of hydrogen-bond acceptors (Lipinski definition) is 3. The lowest BCUT2D eigenvalue weighted by Crippen LogP contribution is -2.21. The zero-order valence-corrected chi connectivity index (χ0v) is 12.5. The van der Waals surface area contributed by atoms with E-state index in [0.29, 0.717) is 22.2 Å². The summed E-state index contributed by atoms with van der Waals surface area (Å²) in [5.74, 6) is 1.25. The second-order valence-corrected chi connectivity index (χ2v) is 4.70. The molecule has 110 valence electrons. The third kappa shape index (κ3) is 3.38. The Balaban J connectivity index is 2.60. The molecule has 0 bridgehead atoms. The van der Waals surface area contributed by atoms with Gasteiger partial charge >= 0.3 is 0 Å². The van der Waals surface area contributed by atoms with Gasteiger partial charge in [-0.05, 0) is 35.9 Å². The molecular weight excluding hydrogens is 290 g/mol. The second kappa shape index (κ2) is 6.37. The van der Waals surface area contributed by atoms with E-state index >= 15 is 0 Å². The average Bonchev–Trinajstić information content (AvgIpc) is 2.48. The molecule has 0 spiro atoms. The van der Waals surface area contributed by atoms with Crippen molar-refractivity contribution < 1.29 is 9.47 Å². The number of methoxy groups -OCH3 is 2. The minimum Gasteiger partial charge on any atom is -0.493 e. The topological polar surface area (TPSA) is 82.9 Å². The third-order valence-electron chi connectivity index (χ3n) is 2.90. The summed E-state index contributed by atoms with van der Waals surface area (Å²) in [6.07, 6.45) is 0. The SMILES string of the molecule is COc1ccc(-c2cc(Cl)ccc2N=C(N)N)cc1OC. The fraction of sp³-hybridized carbons (Fsp3) is 0.133. The molecule has 4 N–H and O–H groups in total. The van der Waals surface area contributed by atoms with Gasteiger partial charge in [0.15, 0.2) is 17.5 Å². The number of ether oxygens (including phenoxy) is 2. The van der Waals surface area contributed by atoms with E-state index < -0.39 is 0 Å². The van der Waals surface area contributed by atoms with Crippen LogP contribution in [0.2, 0.25) is 5.02 Å². The number of rotatable bonds is 4. The summed E-state index contributed by atoms with van der Waals surface area (Å²) >= 11 is 6.07. The number of guanidine groups is 1. The first-order valence-electron chi connectivity index (χ1n) is 6.16. The molecule has 0 unspecified atom stereocenters. The van der Waals surface area contributed by atoms with Crippen molar-refractivity contribution in [3.8, 4) is 22.6 Å². The lowest BCUT2D eigenvalue weighted by molar-refractivity contribution is 0.355. The van der Waals surface area contributed by atoms with E-state index in [4.69, 9.17) is 32.5 Å². The van der Waals surface area contributed by atoms with E-state index in [2.05, 4.69) is 4.99 Å². The molecule has 0 saturated heterocycles. The zero-order chi connectivity index (χ0) is 15.4. The Hall–Kier alpha value is -2.40. The van der Waals surface area contributed by atoms with Crippen LogP contribution >= 0.6 is 11.6 Å². The van der Waals surface area contributed by atoms with Crippen LogP contribution in [0.25, 0.3) is 11.1 Å². The van der Waals surface area contributed by atoms with Crippen molar-refractivity contribution in [3.05, 3.63) is 41.4 Å². The normalized spacial score (nSPS) is 10.0. The Bertz CT molecular complexity index is 683. The van der Waals surface area contributed by atoms with Gasteiger partial charge in [0.05, 0.1) is 19.9 Å². The molecule has 5 nitrogen and oxygen atoms in total. The highest BCUT2D eigenvalue weighted by Gasteiger charge is 2.10. The first kappa shape index (κ1) is 15.0. The largest absolute Gasteiger partial charge is 0.493 e. The van der Waals surface area contributed by atoms with Gasteiger partial charge < -0.3 is 20.9 Å². The van der Waals surface area contributed by atoms with E-state index in [-0.39, 0.29) is 5.96 Å². The average molecular weight is 306 g/mol. The lowest BCUT2D eigenvalue weighted by atomic mass is 10.0. The molecule has 0 amide bonds. The molecule has 0 aliphatic heterocycles. The standard InChI is InChI=1S/C15H16ClN3O2/c1-20-13-6-3-9(7-14(13)21-2)11-8-10(16)4-5-12(11)19-15(17)18/h3-8H,1-2H3,(H4,17,18,19). The number of benzene rings is 2. The van der Waals surface area contributed by atoms with Gasteiger partial charge in [0, 0.05) is 10.6 Å². The van der Waals surface area contributed by atoms with Gasteiger partial charge in [-0.25, -0.2) is 4.99 Å². The molecule has 0 fully saturated rings. The molecule has 6 heteroatoms. The van der Waals surface area contributed by atoms with E-state index in [1.807, 2.05) is 18.2 Å². The van der Waals surface area contributed by atoms with E-state index in [1.54, 1.807) is 32.4 Å². The predicted octanol–water partition coefficient (Wildman–Crippen LogP) is 2.93. The van der Waals surface area contributed by atoms with Crippen LogP contribution in [0, 0.1) is 0 Å². The van der Waals surface area contributed by atoms with Crippen LogP contribution in [0.15, 0.2) is 41.4 Å². The Morgan fingerprint density at radius 1 is 1.00 bits per heavy atom. The van der Waals surface area contributed by atoms with Gasteiger partial charge in [-0.3, -0.25) is 0 Å². The van der Waals surface area contributed by atoms with Crippen molar-refractivity contribution in [1.29, 1.82) is 0 Å². The Morgan fingerprint density at radius 2 is 1.71 bits per heavy atom. The maximum Gasteiger partial charge on any atom is 0.191 e. The molecule has 21 heavy (non-hydrogen) atoms. The molecule has 0 aromatic heterocycles. The Labute approximate surface area is 128 Å². The Morgan fingerprint density at radius 3 is 2.33 bits per heavy atom. The molecule has 0 saturated carbocycles. The summed E-state index contributed by atoms with van der Waals surface area (Å²) in [5, 5.41) is 0.592. The highest BCUT2D eigenvalue weighted by atomic mass is 35.5. The predicted molar refractivity (Wildman–Crippen MR) is 85.5 cm³/mol. The van der Waals surface area contributed by atoms with Crippen LogP contribution < -0.4 is 20.9 Å². The van der Waals surface area contributed by atoms with Crippen LogP contribution in [0.3, 0.4) is 0 Å². The molecule has 2 rings (SSSR count). The van der Waals surface area contributed by atoms with Crippen molar-refractivity contribution in [2.75, 3.05) is 14.2 Å². The third-order valence-corrected chi connectivity index (χ3v) is 3.14. The van der Waals surface area contributed by atoms with Gasteiger partial charge in [0.25, 0.3) is 0 Å². The molecule has 0 aliphatic carbocycles. The van der Waals surface area contributed by atoms with Crippen molar-refractivity contribution in [2.45, 2.75) is 0 Å². The first-order chi connectivity index (χ1) is 10.0. The molecule has 0 atom stereocenters. The van der Waals surface area contributed by atoms with Crippen LogP contribution in [-0.2, 0) is 0 Å². The fourth-order valence-electron chi connectivity index (χ4n) is 1.98. The fourth-order valence-corrected chi connectivity index (χ4v) is 2.15. The Kier molecular flexibility index (Phi) is 4.55. The number of hydrogen-bond donors (Lipinski definition) is 2. The molecular formula is C15H16ClN3O2. The van der Waals surface area contributed by atoms with Gasteiger partial charge in [-0.1, -0.05) is 17.7 Å². The van der Waals surface area contributed by atoms with Crippen molar-refractivity contribution in [2.24, 2.45) is 16.5 Å². The summed E-state index contributed by atoms with van der Waals surface area (Å²) in [4.78, 5) is 4.12. The van der Waals surface area contributed by atoms with Crippen LogP contribution in [0.5, 0.6) is 11.5 Å². The zero-order valence-electron chi connectivity index (χ0n) is 11.8. The number of aliphatic imine (C=N–C) groups is 1. The maximum absolute atomic E-state index is 6.07.